The molecule has 162 valence electrons. The molecule has 4 aliphatic rings. The van der Waals surface area contributed by atoms with E-state index in [0.29, 0.717) is 37.7 Å². The van der Waals surface area contributed by atoms with Gasteiger partial charge in [0.2, 0.25) is 5.76 Å². The number of carbonyl (C=O) groups excluding carboxylic acids is 2. The van der Waals surface area contributed by atoms with E-state index >= 15 is 0 Å². The molecule has 0 heterocycles. The molecule has 2 atom stereocenters. The minimum atomic E-state index is -1.03. The van der Waals surface area contributed by atoms with Gasteiger partial charge in [-0.05, 0) is 50.5 Å². The Labute approximate surface area is 172 Å². The van der Waals surface area contributed by atoms with E-state index in [1.165, 1.54) is 0 Å². The van der Waals surface area contributed by atoms with Gasteiger partial charge in [-0.3, -0.25) is 9.59 Å². The van der Waals surface area contributed by atoms with E-state index in [-0.39, 0.29) is 31.5 Å². The fourth-order valence-electron chi connectivity index (χ4n) is 7.23. The quantitative estimate of drug-likeness (QED) is 0.189. The van der Waals surface area contributed by atoms with E-state index in [1.807, 2.05) is 0 Å². The average molecular weight is 420 g/mol. The number of hydrogen-bond acceptors (Lipinski definition) is 7. The van der Waals surface area contributed by atoms with Gasteiger partial charge in [0.15, 0.2) is 5.94 Å². The lowest BCUT2D eigenvalue weighted by molar-refractivity contribution is -0.292. The van der Waals surface area contributed by atoms with Gasteiger partial charge in [-0.1, -0.05) is 6.58 Å². The van der Waals surface area contributed by atoms with Gasteiger partial charge < -0.3 is 24.4 Å². The Balaban J connectivity index is 1.36. The summed E-state index contributed by atoms with van der Waals surface area (Å²) in [6.07, 6.45) is 1.14. The number of allylic oxidation sites excluding steroid dienone is 1. The number of rotatable bonds is 9. The summed E-state index contributed by atoms with van der Waals surface area (Å²) in [6, 6.07) is 0. The normalized spacial score (nSPS) is 38.9. The van der Waals surface area contributed by atoms with Gasteiger partial charge in [-0.2, -0.15) is 0 Å². The first-order valence-corrected chi connectivity index (χ1v) is 9.88. The van der Waals surface area contributed by atoms with E-state index in [1.54, 1.807) is 12.9 Å². The summed E-state index contributed by atoms with van der Waals surface area (Å²) in [5, 5.41) is 19.8. The zero-order valence-corrected chi connectivity index (χ0v) is 16.7. The molecule has 9 heteroatoms. The van der Waals surface area contributed by atoms with Crippen LogP contribution in [0.25, 0.3) is 0 Å². The molecule has 4 fully saturated rings. The third-order valence-electron chi connectivity index (χ3n) is 7.95. The van der Waals surface area contributed by atoms with Gasteiger partial charge in [0.25, 0.3) is 0 Å². The number of aliphatic carboxylic acids is 2. The van der Waals surface area contributed by atoms with Crippen LogP contribution in [0.15, 0.2) is 17.9 Å². The van der Waals surface area contributed by atoms with Crippen molar-refractivity contribution in [3.8, 4) is 0 Å². The first-order valence-electron chi connectivity index (χ1n) is 9.88. The third kappa shape index (κ3) is 2.29. The van der Waals surface area contributed by atoms with Crippen LogP contribution in [0.5, 0.6) is 0 Å². The summed E-state index contributed by atoms with van der Waals surface area (Å²) in [5.41, 5.74) is -3.05. The number of carbonyl (C=O) groups is 3. The molecule has 0 aromatic carbocycles. The van der Waals surface area contributed by atoms with Crippen LogP contribution < -0.4 is 0 Å². The minimum Gasteiger partial charge on any atom is -0.481 e. The fourth-order valence-corrected chi connectivity index (χ4v) is 7.23. The van der Waals surface area contributed by atoms with Gasteiger partial charge in [-0.15, -0.1) is 0 Å². The number of carboxylic acids is 2. The second kappa shape index (κ2) is 6.35. The van der Waals surface area contributed by atoms with Crippen LogP contribution in [-0.2, 0) is 28.6 Å². The molecule has 0 aliphatic heterocycles. The van der Waals surface area contributed by atoms with Crippen LogP contribution in [0.2, 0.25) is 0 Å². The molecule has 0 saturated heterocycles. The molecule has 4 aliphatic carbocycles. The van der Waals surface area contributed by atoms with Crippen LogP contribution in [0, 0.1) is 27.6 Å². The highest BCUT2D eigenvalue weighted by Crippen LogP contribution is 2.93. The summed E-state index contributed by atoms with van der Waals surface area (Å²) in [6.45, 7) is 4.83. The first kappa shape index (κ1) is 20.5. The van der Waals surface area contributed by atoms with Crippen molar-refractivity contribution in [1.82, 2.24) is 0 Å². The molecule has 4 saturated carbocycles. The molecule has 4 rings (SSSR count). The Hall–Kier alpha value is -2.80. The Morgan fingerprint density at radius 1 is 1.00 bits per heavy atom. The predicted molar refractivity (Wildman–Crippen MR) is 98.9 cm³/mol. The van der Waals surface area contributed by atoms with Crippen LogP contribution in [0.4, 0.5) is 4.79 Å². The van der Waals surface area contributed by atoms with Crippen molar-refractivity contribution >= 4 is 24.0 Å². The molecular weight excluding hydrogens is 396 g/mol. The summed E-state index contributed by atoms with van der Waals surface area (Å²) in [7, 11) is 0. The summed E-state index contributed by atoms with van der Waals surface area (Å²) in [4.78, 5) is 46.9. The molecule has 1 spiro atoms. The zero-order chi connectivity index (χ0) is 21.9. The van der Waals surface area contributed by atoms with Crippen molar-refractivity contribution in [1.29, 1.82) is 0 Å². The topological polar surface area (TPSA) is 136 Å². The molecule has 0 amide bonds. The molecular formula is C21H24O9. The molecule has 2 N–H and O–H groups in total. The van der Waals surface area contributed by atoms with Crippen molar-refractivity contribution in [2.24, 2.45) is 27.6 Å². The zero-order valence-electron chi connectivity index (χ0n) is 16.7. The highest BCUT2D eigenvalue weighted by molar-refractivity contribution is 5.87. The third-order valence-corrected chi connectivity index (χ3v) is 7.95. The second-order valence-electron chi connectivity index (χ2n) is 9.33. The lowest BCUT2D eigenvalue weighted by Crippen LogP contribution is -2.76. The maximum Gasteiger partial charge on any atom is 0.508 e. The van der Waals surface area contributed by atoms with E-state index in [4.69, 9.17) is 14.2 Å². The predicted octanol–water partition coefficient (Wildman–Crippen LogP) is 2.18. The highest BCUT2D eigenvalue weighted by Gasteiger charge is 2.93. The molecule has 30 heavy (non-hydrogen) atoms. The Kier molecular flexibility index (Phi) is 4.33. The van der Waals surface area contributed by atoms with Gasteiger partial charge in [0.1, 0.15) is 19.8 Å². The van der Waals surface area contributed by atoms with E-state index in [0.717, 1.165) is 0 Å². The lowest BCUT2D eigenvalue weighted by Gasteiger charge is -2.74. The molecule has 0 aromatic rings. The molecule has 0 aromatic heterocycles. The van der Waals surface area contributed by atoms with Gasteiger partial charge >= 0.3 is 18.1 Å². The number of hydrogen-bond donors (Lipinski definition) is 2. The molecule has 9 nitrogen and oxygen atoms in total. The largest absolute Gasteiger partial charge is 0.508 e. The SMILES string of the molecule is C=C(C)C(=C=O)OCCOC(=O)OCC12CC3(C(=O)O)CC4CC(C(=O)O)(C1)C43C2. The van der Waals surface area contributed by atoms with Crippen LogP contribution in [0.3, 0.4) is 0 Å². The highest BCUT2D eigenvalue weighted by atomic mass is 16.7. The standard InChI is InChI=1S/C21H24O9/c1-12(2)14(7-22)28-3-4-29-17(27)30-11-18-8-19(15(23)24)5-13-6-20(9-18,16(25)26)21(13,19)10-18/h13H,1,3-6,8-11H2,2H3,(H,23,24)(H,25,26). The van der Waals surface area contributed by atoms with E-state index in [9.17, 15) is 29.4 Å². The average Bonchev–Trinajstić information content (AvgIpc) is 3.09. The molecule has 2 bridgehead atoms. The summed E-state index contributed by atoms with van der Waals surface area (Å²) < 4.78 is 15.3. The van der Waals surface area contributed by atoms with Crippen LogP contribution in [-0.4, -0.2) is 54.1 Å². The molecule has 0 radical (unpaired) electrons. The first-order chi connectivity index (χ1) is 14.1. The van der Waals surface area contributed by atoms with Crippen molar-refractivity contribution in [3.63, 3.8) is 0 Å². The second-order valence-corrected chi connectivity index (χ2v) is 9.33. The Morgan fingerprint density at radius 2 is 1.57 bits per heavy atom. The fraction of sp³-hybridized carbons (Fsp3) is 0.667. The smallest absolute Gasteiger partial charge is 0.481 e. The maximum atomic E-state index is 12.1. The van der Waals surface area contributed by atoms with Crippen molar-refractivity contribution in [2.45, 2.75) is 39.0 Å². The number of carboxylic acid groups (broad SMARTS) is 2. The number of fused-ring (bicyclic) bond motifs is 1. The minimum absolute atomic E-state index is 0.0551. The van der Waals surface area contributed by atoms with Gasteiger partial charge in [0, 0.05) is 10.8 Å². The number of ether oxygens (including phenoxy) is 3. The lowest BCUT2D eigenvalue weighted by atomic mass is 9.26. The van der Waals surface area contributed by atoms with Crippen molar-refractivity contribution in [3.05, 3.63) is 17.9 Å². The Bertz CT molecular complexity index is 864. The van der Waals surface area contributed by atoms with E-state index in [2.05, 4.69) is 6.58 Å². The monoisotopic (exact) mass is 420 g/mol. The van der Waals surface area contributed by atoms with Crippen LogP contribution >= 0.6 is 0 Å². The van der Waals surface area contributed by atoms with Gasteiger partial charge in [0.05, 0.1) is 10.8 Å². The molecule has 2 unspecified atom stereocenters. The van der Waals surface area contributed by atoms with E-state index < -0.39 is 39.8 Å². The van der Waals surface area contributed by atoms with Crippen molar-refractivity contribution in [2.75, 3.05) is 19.8 Å². The van der Waals surface area contributed by atoms with Gasteiger partial charge in [-0.25, -0.2) is 9.59 Å². The Morgan fingerprint density at radius 3 is 2.03 bits per heavy atom. The maximum absolute atomic E-state index is 12.1. The van der Waals surface area contributed by atoms with Crippen LogP contribution in [0.1, 0.15) is 39.0 Å². The summed E-state index contributed by atoms with van der Waals surface area (Å²) >= 11 is 0. The summed E-state index contributed by atoms with van der Waals surface area (Å²) in [5.74, 6) is -0.230. The van der Waals surface area contributed by atoms with Crippen molar-refractivity contribution < 1.29 is 43.6 Å².